The van der Waals surface area contributed by atoms with E-state index in [0.717, 1.165) is 25.7 Å². The maximum atomic E-state index is 12.1. The number of nitrogens with zero attached hydrogens (tertiary/aromatic N) is 1. The first-order valence-electron chi connectivity index (χ1n) is 7.82. The van der Waals surface area contributed by atoms with Crippen LogP contribution in [0, 0.1) is 5.92 Å². The van der Waals surface area contributed by atoms with E-state index in [0.29, 0.717) is 25.2 Å². The maximum absolute atomic E-state index is 12.1. The average molecular weight is 282 g/mol. The van der Waals surface area contributed by atoms with Crippen LogP contribution in [0.3, 0.4) is 0 Å². The zero-order valence-electron chi connectivity index (χ0n) is 12.3. The molecule has 0 aliphatic heterocycles. The Morgan fingerprint density at radius 1 is 1.20 bits per heavy atom. The van der Waals surface area contributed by atoms with Crippen molar-refractivity contribution in [2.24, 2.45) is 5.92 Å². The lowest BCUT2D eigenvalue weighted by molar-refractivity contribution is -0.142. The molecule has 1 unspecified atom stereocenters. The number of amides is 1. The van der Waals surface area contributed by atoms with Crippen molar-refractivity contribution in [2.75, 3.05) is 13.1 Å². The number of carbonyl (C=O) groups excluding carboxylic acids is 1. The SMILES string of the molecule is CC(CN(CC(=O)NC1CCCCC1)C1CC1)C(=O)O. The molecule has 2 fully saturated rings. The molecule has 2 aliphatic carbocycles. The van der Waals surface area contributed by atoms with Gasteiger partial charge in [0.15, 0.2) is 0 Å². The van der Waals surface area contributed by atoms with Gasteiger partial charge in [-0.05, 0) is 25.7 Å². The topological polar surface area (TPSA) is 69.6 Å². The van der Waals surface area contributed by atoms with Crippen LogP contribution >= 0.6 is 0 Å². The number of carboxylic acid groups (broad SMARTS) is 1. The average Bonchev–Trinajstić information content (AvgIpc) is 3.23. The molecule has 0 aromatic carbocycles. The molecule has 1 amide bonds. The number of carboxylic acids is 1. The molecule has 2 rings (SSSR count). The molecule has 0 saturated heterocycles. The summed E-state index contributed by atoms with van der Waals surface area (Å²) >= 11 is 0. The van der Waals surface area contributed by atoms with Crippen molar-refractivity contribution in [3.8, 4) is 0 Å². The van der Waals surface area contributed by atoms with Crippen molar-refractivity contribution in [2.45, 2.75) is 64.0 Å². The minimum Gasteiger partial charge on any atom is -0.481 e. The molecule has 5 nitrogen and oxygen atoms in total. The van der Waals surface area contributed by atoms with Crippen molar-refractivity contribution in [1.29, 1.82) is 0 Å². The molecular formula is C15H26N2O3. The number of hydrogen-bond donors (Lipinski definition) is 2. The minimum absolute atomic E-state index is 0.0568. The lowest BCUT2D eigenvalue weighted by atomic mass is 9.95. The summed E-state index contributed by atoms with van der Waals surface area (Å²) in [5.74, 6) is -1.15. The highest BCUT2D eigenvalue weighted by Crippen LogP contribution is 2.27. The van der Waals surface area contributed by atoms with Gasteiger partial charge in [-0.25, -0.2) is 0 Å². The Morgan fingerprint density at radius 2 is 1.85 bits per heavy atom. The highest BCUT2D eigenvalue weighted by molar-refractivity contribution is 5.78. The van der Waals surface area contributed by atoms with Crippen molar-refractivity contribution >= 4 is 11.9 Å². The molecule has 1 atom stereocenters. The van der Waals surface area contributed by atoms with Crippen LogP contribution in [0.25, 0.3) is 0 Å². The molecule has 0 heterocycles. The van der Waals surface area contributed by atoms with Crippen molar-refractivity contribution in [3.05, 3.63) is 0 Å². The molecule has 0 aromatic rings. The molecule has 0 radical (unpaired) electrons. The van der Waals surface area contributed by atoms with E-state index in [-0.39, 0.29) is 5.91 Å². The van der Waals surface area contributed by atoms with E-state index in [9.17, 15) is 9.59 Å². The zero-order valence-corrected chi connectivity index (χ0v) is 12.3. The number of nitrogens with one attached hydrogen (secondary N) is 1. The summed E-state index contributed by atoms with van der Waals surface area (Å²) in [7, 11) is 0. The van der Waals surface area contributed by atoms with Crippen LogP contribution in [0.4, 0.5) is 0 Å². The van der Waals surface area contributed by atoms with Crippen LogP contribution in [0.2, 0.25) is 0 Å². The molecule has 0 bridgehead atoms. The van der Waals surface area contributed by atoms with Gasteiger partial charge < -0.3 is 10.4 Å². The van der Waals surface area contributed by atoms with Crippen LogP contribution in [-0.4, -0.2) is 47.1 Å². The molecule has 2 N–H and O–H groups in total. The van der Waals surface area contributed by atoms with Crippen molar-refractivity contribution < 1.29 is 14.7 Å². The van der Waals surface area contributed by atoms with Gasteiger partial charge in [0.2, 0.25) is 5.91 Å². The van der Waals surface area contributed by atoms with Crippen LogP contribution < -0.4 is 5.32 Å². The fourth-order valence-electron chi connectivity index (χ4n) is 2.92. The summed E-state index contributed by atoms with van der Waals surface area (Å²) in [6.45, 7) is 2.52. The summed E-state index contributed by atoms with van der Waals surface area (Å²) in [5, 5.41) is 12.1. The molecule has 2 aliphatic rings. The van der Waals surface area contributed by atoms with Crippen LogP contribution in [-0.2, 0) is 9.59 Å². The molecule has 0 spiro atoms. The smallest absolute Gasteiger partial charge is 0.307 e. The van der Waals surface area contributed by atoms with Gasteiger partial charge in [-0.3, -0.25) is 14.5 Å². The molecule has 2 saturated carbocycles. The first-order valence-corrected chi connectivity index (χ1v) is 7.82. The van der Waals surface area contributed by atoms with Crippen LogP contribution in [0.5, 0.6) is 0 Å². The lowest BCUT2D eigenvalue weighted by Gasteiger charge is -2.26. The third-order valence-electron chi connectivity index (χ3n) is 4.31. The second kappa shape index (κ2) is 7.07. The van der Waals surface area contributed by atoms with E-state index < -0.39 is 11.9 Å². The maximum Gasteiger partial charge on any atom is 0.307 e. The molecular weight excluding hydrogens is 256 g/mol. The molecule has 20 heavy (non-hydrogen) atoms. The first kappa shape index (κ1) is 15.3. The van der Waals surface area contributed by atoms with E-state index in [4.69, 9.17) is 5.11 Å². The van der Waals surface area contributed by atoms with Gasteiger partial charge in [-0.1, -0.05) is 26.2 Å². The van der Waals surface area contributed by atoms with E-state index in [1.807, 2.05) is 4.90 Å². The van der Waals surface area contributed by atoms with E-state index in [1.54, 1.807) is 6.92 Å². The van der Waals surface area contributed by atoms with E-state index in [2.05, 4.69) is 5.32 Å². The number of hydrogen-bond acceptors (Lipinski definition) is 3. The normalized spacial score (nSPS) is 21.7. The Hall–Kier alpha value is -1.10. The molecule has 5 heteroatoms. The third-order valence-corrected chi connectivity index (χ3v) is 4.31. The van der Waals surface area contributed by atoms with Gasteiger partial charge in [-0.2, -0.15) is 0 Å². The van der Waals surface area contributed by atoms with Crippen molar-refractivity contribution in [1.82, 2.24) is 10.2 Å². The Labute approximate surface area is 120 Å². The quantitative estimate of drug-likeness (QED) is 0.744. The predicted octanol–water partition coefficient (Wildman–Crippen LogP) is 1.62. The fourth-order valence-corrected chi connectivity index (χ4v) is 2.92. The second-order valence-corrected chi connectivity index (χ2v) is 6.30. The van der Waals surface area contributed by atoms with Gasteiger partial charge in [0.05, 0.1) is 12.5 Å². The minimum atomic E-state index is -0.789. The number of rotatable bonds is 7. The summed E-state index contributed by atoms with van der Waals surface area (Å²) in [5.41, 5.74) is 0. The van der Waals surface area contributed by atoms with Gasteiger partial charge in [0, 0.05) is 18.6 Å². The van der Waals surface area contributed by atoms with Crippen LogP contribution in [0.1, 0.15) is 51.9 Å². The third kappa shape index (κ3) is 4.78. The second-order valence-electron chi connectivity index (χ2n) is 6.30. The van der Waals surface area contributed by atoms with E-state index >= 15 is 0 Å². The lowest BCUT2D eigenvalue weighted by Crippen LogP contribution is -2.45. The monoisotopic (exact) mass is 282 g/mol. The van der Waals surface area contributed by atoms with Gasteiger partial charge >= 0.3 is 5.97 Å². The van der Waals surface area contributed by atoms with Crippen LogP contribution in [0.15, 0.2) is 0 Å². The van der Waals surface area contributed by atoms with Gasteiger partial charge in [0.25, 0.3) is 0 Å². The molecule has 0 aromatic heterocycles. The van der Waals surface area contributed by atoms with Gasteiger partial charge in [0.1, 0.15) is 0 Å². The summed E-state index contributed by atoms with van der Waals surface area (Å²) < 4.78 is 0. The fraction of sp³-hybridized carbons (Fsp3) is 0.867. The Kier molecular flexibility index (Phi) is 5.40. The Morgan fingerprint density at radius 3 is 2.40 bits per heavy atom. The number of aliphatic carboxylic acids is 1. The first-order chi connectivity index (χ1) is 9.56. The van der Waals surface area contributed by atoms with E-state index in [1.165, 1.54) is 19.3 Å². The summed E-state index contributed by atoms with van der Waals surface area (Å²) in [4.78, 5) is 25.1. The largest absolute Gasteiger partial charge is 0.481 e. The predicted molar refractivity (Wildman–Crippen MR) is 76.4 cm³/mol. The Balaban J connectivity index is 1.78. The highest BCUT2D eigenvalue weighted by atomic mass is 16.4. The molecule has 114 valence electrons. The number of carbonyl (C=O) groups is 2. The Bertz CT molecular complexity index is 349. The highest BCUT2D eigenvalue weighted by Gasteiger charge is 2.32. The van der Waals surface area contributed by atoms with Crippen molar-refractivity contribution in [3.63, 3.8) is 0 Å². The zero-order chi connectivity index (χ0) is 14.5. The van der Waals surface area contributed by atoms with Gasteiger partial charge in [-0.15, -0.1) is 0 Å². The standard InChI is InChI=1S/C15H26N2O3/c1-11(15(19)20)9-17(13-7-8-13)10-14(18)16-12-5-3-2-4-6-12/h11-13H,2-10H2,1H3,(H,16,18)(H,19,20). The summed E-state index contributed by atoms with van der Waals surface area (Å²) in [6.07, 6.45) is 8.02. The summed E-state index contributed by atoms with van der Waals surface area (Å²) in [6, 6.07) is 0.739.